The first kappa shape index (κ1) is 29.6. The van der Waals surface area contributed by atoms with Crippen LogP contribution in [0.25, 0.3) is 10.9 Å². The second kappa shape index (κ2) is 12.3. The number of rotatable bonds is 9. The Balaban J connectivity index is 1.54. The molecule has 0 radical (unpaired) electrons. The van der Waals surface area contributed by atoms with Crippen molar-refractivity contribution in [2.45, 2.75) is 69.4 Å². The lowest BCUT2D eigenvalue weighted by molar-refractivity contribution is -0.156. The van der Waals surface area contributed by atoms with Gasteiger partial charge in [0, 0.05) is 17.8 Å². The third-order valence-corrected chi connectivity index (χ3v) is 8.87. The molecule has 0 N–H and O–H groups in total. The quantitative estimate of drug-likeness (QED) is 0.190. The van der Waals surface area contributed by atoms with Gasteiger partial charge in [0.05, 0.1) is 30.0 Å². The molecular weight excluding hydrogens is 561 g/mol. The summed E-state index contributed by atoms with van der Waals surface area (Å²) in [5.74, 6) is -1.88. The molecule has 0 saturated heterocycles. The largest absolute Gasteiger partial charge is 0.494 e. The highest BCUT2D eigenvalue weighted by molar-refractivity contribution is 5.97. The molecule has 4 aromatic rings. The van der Waals surface area contributed by atoms with Crippen molar-refractivity contribution < 1.29 is 28.2 Å². The minimum absolute atomic E-state index is 0.00767. The standard InChI is InChI=1S/C36H36FNO6/c1-3-43-34(40)27-22-38(25-17-18-25)30-26(31(27)39)21-28(37)29(33(30)42-2)36(19-11-6-12-20-36)35(41)44-32(23-13-7-4-8-14-23)24-15-9-5-10-16-24/h4-5,7-10,13-16,21-22,25,32H,3,6,11-12,17-20H2,1-2H3. The maximum Gasteiger partial charge on any atom is 0.343 e. The van der Waals surface area contributed by atoms with Gasteiger partial charge in [-0.05, 0) is 49.8 Å². The number of carbonyl (C=O) groups excluding carboxylic acids is 2. The fraction of sp³-hybridized carbons (Fsp3) is 0.361. The van der Waals surface area contributed by atoms with Crippen molar-refractivity contribution in [1.29, 1.82) is 0 Å². The van der Waals surface area contributed by atoms with Crippen LogP contribution in [0.5, 0.6) is 5.75 Å². The average Bonchev–Trinajstić information content (AvgIpc) is 3.90. The summed E-state index contributed by atoms with van der Waals surface area (Å²) in [7, 11) is 1.43. The van der Waals surface area contributed by atoms with Crippen LogP contribution in [-0.2, 0) is 19.7 Å². The highest BCUT2D eigenvalue weighted by Crippen LogP contribution is 2.50. The Kier molecular flexibility index (Phi) is 8.25. The van der Waals surface area contributed by atoms with Crippen molar-refractivity contribution in [2.24, 2.45) is 0 Å². The maximum atomic E-state index is 16.6. The predicted octanol–water partition coefficient (Wildman–Crippen LogP) is 7.20. The van der Waals surface area contributed by atoms with Crippen molar-refractivity contribution >= 4 is 22.8 Å². The van der Waals surface area contributed by atoms with Crippen LogP contribution in [0, 0.1) is 5.82 Å². The van der Waals surface area contributed by atoms with Crippen molar-refractivity contribution in [3.63, 3.8) is 0 Å². The summed E-state index contributed by atoms with van der Waals surface area (Å²) in [6.45, 7) is 1.77. The molecule has 7 nitrogen and oxygen atoms in total. The molecular formula is C36H36FNO6. The molecule has 44 heavy (non-hydrogen) atoms. The van der Waals surface area contributed by atoms with E-state index in [9.17, 15) is 14.4 Å². The molecule has 6 rings (SSSR count). The third kappa shape index (κ3) is 5.27. The Labute approximate surface area is 255 Å². The Morgan fingerprint density at radius 3 is 2.14 bits per heavy atom. The lowest BCUT2D eigenvalue weighted by Crippen LogP contribution is -2.41. The predicted molar refractivity (Wildman–Crippen MR) is 165 cm³/mol. The van der Waals surface area contributed by atoms with E-state index in [0.717, 1.165) is 36.5 Å². The van der Waals surface area contributed by atoms with Crippen molar-refractivity contribution in [3.8, 4) is 5.75 Å². The summed E-state index contributed by atoms with van der Waals surface area (Å²) in [6.07, 6.45) is 5.52. The number of hydrogen-bond acceptors (Lipinski definition) is 6. The van der Waals surface area contributed by atoms with Gasteiger partial charge in [-0.1, -0.05) is 79.9 Å². The number of hydrogen-bond donors (Lipinski definition) is 0. The Morgan fingerprint density at radius 2 is 1.59 bits per heavy atom. The van der Waals surface area contributed by atoms with E-state index < -0.39 is 34.7 Å². The van der Waals surface area contributed by atoms with Gasteiger partial charge in [0.1, 0.15) is 11.4 Å². The Morgan fingerprint density at radius 1 is 0.977 bits per heavy atom. The number of halogens is 1. The highest BCUT2D eigenvalue weighted by atomic mass is 19.1. The van der Waals surface area contributed by atoms with Crippen molar-refractivity contribution in [3.05, 3.63) is 111 Å². The maximum absolute atomic E-state index is 16.6. The van der Waals surface area contributed by atoms with Crippen molar-refractivity contribution in [1.82, 2.24) is 4.57 Å². The zero-order valence-electron chi connectivity index (χ0n) is 25.0. The van der Waals surface area contributed by atoms with Gasteiger partial charge in [0.2, 0.25) is 5.43 Å². The number of aromatic nitrogens is 1. The fourth-order valence-electron chi connectivity index (χ4n) is 6.61. The van der Waals surface area contributed by atoms with Gasteiger partial charge < -0.3 is 18.8 Å². The summed E-state index contributed by atoms with van der Waals surface area (Å²) in [6, 6.07) is 20.2. The van der Waals surface area contributed by atoms with Gasteiger partial charge in [-0.25, -0.2) is 9.18 Å². The number of carbonyl (C=O) groups is 2. The lowest BCUT2D eigenvalue weighted by Gasteiger charge is -2.38. The van der Waals surface area contributed by atoms with Gasteiger partial charge >= 0.3 is 11.9 Å². The molecule has 1 aromatic heterocycles. The first-order valence-electron chi connectivity index (χ1n) is 15.3. The molecule has 0 spiro atoms. The first-order chi connectivity index (χ1) is 21.4. The van der Waals surface area contributed by atoms with Crippen LogP contribution in [-0.4, -0.2) is 30.2 Å². The van der Waals surface area contributed by atoms with E-state index in [1.54, 1.807) is 6.92 Å². The van der Waals surface area contributed by atoms with Crippen LogP contribution in [0.1, 0.15) is 91.1 Å². The van der Waals surface area contributed by atoms with Crippen LogP contribution in [0.2, 0.25) is 0 Å². The van der Waals surface area contributed by atoms with Crippen LogP contribution in [0.3, 0.4) is 0 Å². The second-order valence-corrected chi connectivity index (χ2v) is 11.6. The number of nitrogens with zero attached hydrogens (tertiary/aromatic N) is 1. The zero-order valence-corrected chi connectivity index (χ0v) is 25.0. The minimum atomic E-state index is -1.34. The number of methoxy groups -OCH3 is 1. The van der Waals surface area contributed by atoms with E-state index in [2.05, 4.69) is 0 Å². The van der Waals surface area contributed by atoms with Crippen LogP contribution in [0.15, 0.2) is 77.7 Å². The van der Waals surface area contributed by atoms with Crippen LogP contribution >= 0.6 is 0 Å². The molecule has 2 saturated carbocycles. The van der Waals surface area contributed by atoms with Gasteiger partial charge in [0.25, 0.3) is 0 Å². The number of ether oxygens (including phenoxy) is 3. The molecule has 0 unspecified atom stereocenters. The SMILES string of the molecule is CCOC(=O)c1cn(C2CC2)c2c(OC)c(C3(C(=O)OC(c4ccccc4)c4ccccc4)CCCCC3)c(F)cc2c1=O. The molecule has 2 aliphatic rings. The van der Waals surface area contributed by atoms with Gasteiger partial charge in [-0.3, -0.25) is 9.59 Å². The number of pyridine rings is 1. The molecule has 2 fully saturated rings. The molecule has 3 aromatic carbocycles. The van der Waals surface area contributed by atoms with E-state index in [1.165, 1.54) is 13.3 Å². The molecule has 1 heterocycles. The third-order valence-electron chi connectivity index (χ3n) is 8.87. The zero-order chi connectivity index (χ0) is 30.8. The fourth-order valence-corrected chi connectivity index (χ4v) is 6.61. The van der Waals surface area contributed by atoms with E-state index >= 15 is 4.39 Å². The summed E-state index contributed by atoms with van der Waals surface area (Å²) in [5, 5.41) is 0.0197. The van der Waals surface area contributed by atoms with Gasteiger partial charge in [0.15, 0.2) is 11.9 Å². The second-order valence-electron chi connectivity index (χ2n) is 11.6. The molecule has 0 aliphatic heterocycles. The number of fused-ring (bicyclic) bond motifs is 1. The summed E-state index contributed by atoms with van der Waals surface area (Å²) < 4.78 is 35.9. The molecule has 8 heteroatoms. The van der Waals surface area contributed by atoms with Crippen LogP contribution < -0.4 is 10.2 Å². The average molecular weight is 598 g/mol. The van der Waals surface area contributed by atoms with Gasteiger partial charge in [-0.2, -0.15) is 0 Å². The minimum Gasteiger partial charge on any atom is -0.494 e. The van der Waals surface area contributed by atoms with Gasteiger partial charge in [-0.15, -0.1) is 0 Å². The van der Waals surface area contributed by atoms with Crippen LogP contribution in [0.4, 0.5) is 4.39 Å². The highest BCUT2D eigenvalue weighted by Gasteiger charge is 2.48. The van der Waals surface area contributed by atoms with Crippen molar-refractivity contribution in [2.75, 3.05) is 13.7 Å². The molecule has 228 valence electrons. The monoisotopic (exact) mass is 597 g/mol. The van der Waals surface area contributed by atoms with E-state index in [4.69, 9.17) is 14.2 Å². The van der Waals surface area contributed by atoms with E-state index in [-0.39, 0.29) is 34.9 Å². The molecule has 0 bridgehead atoms. The topological polar surface area (TPSA) is 83.8 Å². The first-order valence-corrected chi connectivity index (χ1v) is 15.3. The summed E-state index contributed by atoms with van der Waals surface area (Å²) >= 11 is 0. The lowest BCUT2D eigenvalue weighted by atomic mass is 9.68. The Hall–Kier alpha value is -4.46. The van der Waals surface area contributed by atoms with E-state index in [1.807, 2.05) is 65.2 Å². The molecule has 2 aliphatic carbocycles. The molecule has 0 amide bonds. The number of esters is 2. The Bertz CT molecular complexity index is 1700. The summed E-state index contributed by atoms with van der Waals surface area (Å²) in [5.41, 5.74) is -0.0300. The molecule has 0 atom stereocenters. The summed E-state index contributed by atoms with van der Waals surface area (Å²) in [4.78, 5) is 40.9. The normalized spacial score (nSPS) is 16.1. The number of benzene rings is 3. The van der Waals surface area contributed by atoms with E-state index in [0.29, 0.717) is 31.2 Å². The smallest absolute Gasteiger partial charge is 0.343 e.